The van der Waals surface area contributed by atoms with Crippen molar-refractivity contribution in [2.75, 3.05) is 12.8 Å². The Bertz CT molecular complexity index is 741. The summed E-state index contributed by atoms with van der Waals surface area (Å²) in [4.78, 5) is 1.31. The average molecular weight is 366 g/mol. The fourth-order valence-corrected chi connectivity index (χ4v) is 3.79. The van der Waals surface area contributed by atoms with Gasteiger partial charge in [-0.05, 0) is 48.1 Å². The Morgan fingerprint density at radius 3 is 2.25 bits per heavy atom. The first-order valence-corrected chi connectivity index (χ1v) is 10.6. The predicted molar refractivity (Wildman–Crippen MR) is 98.8 cm³/mol. The van der Waals surface area contributed by atoms with Gasteiger partial charge in [0.2, 0.25) is 10.0 Å². The van der Waals surface area contributed by atoms with Gasteiger partial charge in [0.1, 0.15) is 0 Å². The van der Waals surface area contributed by atoms with Gasteiger partial charge in [0.05, 0.1) is 11.0 Å². The zero-order valence-electron chi connectivity index (χ0n) is 13.9. The maximum atomic E-state index is 12.3. The third-order valence-corrected chi connectivity index (χ3v) is 5.92. The first kappa shape index (κ1) is 19.0. The van der Waals surface area contributed by atoms with Crippen LogP contribution >= 0.6 is 11.8 Å². The number of sulfonamides is 1. The SMILES string of the molecule is CCCc1ccc(S(=O)(=O)NCC(O)c2ccc(SC)cc2)cc1. The van der Waals surface area contributed by atoms with Crippen molar-refractivity contribution < 1.29 is 13.5 Å². The second-order valence-corrected chi connectivity index (χ2v) is 8.18. The molecule has 0 aliphatic rings. The predicted octanol–water partition coefficient (Wildman–Crippen LogP) is 3.37. The number of thioether (sulfide) groups is 1. The van der Waals surface area contributed by atoms with Crippen LogP contribution in [0.4, 0.5) is 0 Å². The molecule has 2 rings (SSSR count). The summed E-state index contributed by atoms with van der Waals surface area (Å²) in [6, 6.07) is 14.3. The number of aryl methyl sites for hydroxylation is 1. The highest BCUT2D eigenvalue weighted by Gasteiger charge is 2.16. The number of rotatable bonds is 8. The van der Waals surface area contributed by atoms with Crippen molar-refractivity contribution in [1.29, 1.82) is 0 Å². The maximum Gasteiger partial charge on any atom is 0.240 e. The minimum atomic E-state index is -3.62. The standard InChI is InChI=1S/C18H23NO3S2/c1-3-4-14-5-11-17(12-6-14)24(21,22)19-13-18(20)15-7-9-16(23-2)10-8-15/h5-12,18-20H,3-4,13H2,1-2H3. The topological polar surface area (TPSA) is 66.4 Å². The Kier molecular flexibility index (Phi) is 6.86. The summed E-state index contributed by atoms with van der Waals surface area (Å²) >= 11 is 1.62. The van der Waals surface area contributed by atoms with E-state index in [1.807, 2.05) is 42.7 Å². The molecule has 0 bridgehead atoms. The molecule has 0 saturated carbocycles. The molecule has 2 N–H and O–H groups in total. The van der Waals surface area contributed by atoms with E-state index in [1.165, 1.54) is 0 Å². The molecule has 6 heteroatoms. The van der Waals surface area contributed by atoms with Crippen LogP contribution in [0.25, 0.3) is 0 Å². The maximum absolute atomic E-state index is 12.3. The lowest BCUT2D eigenvalue weighted by Crippen LogP contribution is -2.28. The first-order chi connectivity index (χ1) is 11.5. The minimum absolute atomic E-state index is 0.0579. The first-order valence-electron chi connectivity index (χ1n) is 7.87. The third kappa shape index (κ3) is 5.08. The molecule has 0 spiro atoms. The van der Waals surface area contributed by atoms with E-state index in [1.54, 1.807) is 23.9 Å². The van der Waals surface area contributed by atoms with E-state index in [0.717, 1.165) is 23.3 Å². The van der Waals surface area contributed by atoms with Crippen LogP contribution in [0.15, 0.2) is 58.3 Å². The van der Waals surface area contributed by atoms with E-state index in [9.17, 15) is 13.5 Å². The van der Waals surface area contributed by atoms with E-state index in [-0.39, 0.29) is 11.4 Å². The smallest absolute Gasteiger partial charge is 0.240 e. The van der Waals surface area contributed by atoms with Gasteiger partial charge in [0.15, 0.2) is 0 Å². The average Bonchev–Trinajstić information content (AvgIpc) is 2.60. The van der Waals surface area contributed by atoms with E-state index in [4.69, 9.17) is 0 Å². The Labute approximate surface area is 148 Å². The molecule has 0 amide bonds. The summed E-state index contributed by atoms with van der Waals surface area (Å²) in [5.74, 6) is 0. The summed E-state index contributed by atoms with van der Waals surface area (Å²) in [5, 5.41) is 10.2. The molecule has 4 nitrogen and oxygen atoms in total. The quantitative estimate of drug-likeness (QED) is 0.704. The highest BCUT2D eigenvalue weighted by Crippen LogP contribution is 2.19. The fourth-order valence-electron chi connectivity index (χ4n) is 2.34. The third-order valence-electron chi connectivity index (χ3n) is 3.74. The molecular formula is C18H23NO3S2. The minimum Gasteiger partial charge on any atom is -0.387 e. The van der Waals surface area contributed by atoms with Gasteiger partial charge in [-0.15, -0.1) is 11.8 Å². The molecule has 0 aromatic heterocycles. The number of hydrogen-bond acceptors (Lipinski definition) is 4. The van der Waals surface area contributed by atoms with Gasteiger partial charge in [-0.25, -0.2) is 13.1 Å². The van der Waals surface area contributed by atoms with Crippen molar-refractivity contribution >= 4 is 21.8 Å². The molecule has 2 aromatic carbocycles. The van der Waals surface area contributed by atoms with Crippen molar-refractivity contribution in [2.24, 2.45) is 0 Å². The second-order valence-electron chi connectivity index (χ2n) is 5.53. The van der Waals surface area contributed by atoms with Crippen molar-refractivity contribution in [2.45, 2.75) is 35.7 Å². The molecule has 2 aromatic rings. The van der Waals surface area contributed by atoms with Gasteiger partial charge in [0.25, 0.3) is 0 Å². The fraction of sp³-hybridized carbons (Fsp3) is 0.333. The molecule has 0 aliphatic carbocycles. The van der Waals surface area contributed by atoms with Crippen molar-refractivity contribution in [3.8, 4) is 0 Å². The molecule has 1 unspecified atom stereocenters. The molecular weight excluding hydrogens is 342 g/mol. The number of nitrogens with one attached hydrogen (secondary N) is 1. The van der Waals surface area contributed by atoms with Gasteiger partial charge in [-0.2, -0.15) is 0 Å². The van der Waals surface area contributed by atoms with Crippen LogP contribution in [0.5, 0.6) is 0 Å². The number of hydrogen-bond donors (Lipinski definition) is 2. The van der Waals surface area contributed by atoms with Gasteiger partial charge in [-0.1, -0.05) is 37.6 Å². The highest BCUT2D eigenvalue weighted by molar-refractivity contribution is 7.98. The molecule has 24 heavy (non-hydrogen) atoms. The van der Waals surface area contributed by atoms with Crippen LogP contribution in [0.1, 0.15) is 30.6 Å². The lowest BCUT2D eigenvalue weighted by atomic mass is 10.1. The summed E-state index contributed by atoms with van der Waals surface area (Å²) in [5.41, 5.74) is 1.80. The largest absolute Gasteiger partial charge is 0.387 e. The molecule has 0 saturated heterocycles. The molecule has 0 radical (unpaired) electrons. The molecule has 0 aliphatic heterocycles. The number of aliphatic hydroxyl groups is 1. The van der Waals surface area contributed by atoms with Crippen molar-refractivity contribution in [1.82, 2.24) is 4.72 Å². The van der Waals surface area contributed by atoms with Crippen molar-refractivity contribution in [3.05, 3.63) is 59.7 Å². The Hall–Kier alpha value is -1.34. The summed E-state index contributed by atoms with van der Waals surface area (Å²) in [6.07, 6.45) is 3.05. The van der Waals surface area contributed by atoms with Crippen LogP contribution in [-0.2, 0) is 16.4 Å². The summed E-state index contributed by atoms with van der Waals surface area (Å²) in [7, 11) is -3.62. The molecule has 0 fully saturated rings. The van der Waals surface area contributed by atoms with Gasteiger partial charge in [-0.3, -0.25) is 0 Å². The van der Waals surface area contributed by atoms with Crippen molar-refractivity contribution in [3.63, 3.8) is 0 Å². The van der Waals surface area contributed by atoms with Crippen LogP contribution in [0.2, 0.25) is 0 Å². The normalized spacial score (nSPS) is 13.0. The van der Waals surface area contributed by atoms with E-state index in [0.29, 0.717) is 5.56 Å². The Morgan fingerprint density at radius 1 is 1.08 bits per heavy atom. The number of benzene rings is 2. The van der Waals surface area contributed by atoms with E-state index < -0.39 is 16.1 Å². The van der Waals surface area contributed by atoms with E-state index >= 15 is 0 Å². The molecule has 1 atom stereocenters. The van der Waals surface area contributed by atoms with Crippen LogP contribution in [-0.4, -0.2) is 26.3 Å². The highest BCUT2D eigenvalue weighted by atomic mass is 32.2. The monoisotopic (exact) mass is 365 g/mol. The Morgan fingerprint density at radius 2 is 1.71 bits per heavy atom. The van der Waals surface area contributed by atoms with Gasteiger partial charge >= 0.3 is 0 Å². The van der Waals surface area contributed by atoms with Gasteiger partial charge < -0.3 is 5.11 Å². The lowest BCUT2D eigenvalue weighted by Gasteiger charge is -2.13. The zero-order valence-corrected chi connectivity index (χ0v) is 15.5. The number of aliphatic hydroxyl groups excluding tert-OH is 1. The van der Waals surface area contributed by atoms with Crippen LogP contribution in [0, 0.1) is 0 Å². The second kappa shape index (κ2) is 8.67. The lowest BCUT2D eigenvalue weighted by molar-refractivity contribution is 0.182. The van der Waals surface area contributed by atoms with Gasteiger partial charge in [0, 0.05) is 11.4 Å². The van der Waals surface area contributed by atoms with E-state index in [2.05, 4.69) is 11.6 Å². The molecule has 0 heterocycles. The zero-order chi connectivity index (χ0) is 17.6. The summed E-state index contributed by atoms with van der Waals surface area (Å²) < 4.78 is 27.1. The summed E-state index contributed by atoms with van der Waals surface area (Å²) in [6.45, 7) is 2.02. The van der Waals surface area contributed by atoms with Crippen LogP contribution < -0.4 is 4.72 Å². The van der Waals surface area contributed by atoms with Crippen LogP contribution in [0.3, 0.4) is 0 Å². The Balaban J connectivity index is 2.00. The molecule has 130 valence electrons.